The number of fused-ring (bicyclic) bond motifs is 1. The molecular formula is C19H20N4O4S. The van der Waals surface area contributed by atoms with Crippen LogP contribution in [-0.4, -0.2) is 37.3 Å². The van der Waals surface area contributed by atoms with Crippen molar-refractivity contribution >= 4 is 39.8 Å². The average Bonchev–Trinajstić information content (AvgIpc) is 3.15. The fourth-order valence-corrected chi connectivity index (χ4v) is 2.92. The Morgan fingerprint density at radius 3 is 2.32 bits per heavy atom. The molecule has 3 rings (SSSR count). The number of amides is 1. The highest BCUT2D eigenvalue weighted by atomic mass is 32.1. The molecule has 1 amide bonds. The number of H-pyrrole nitrogens is 1. The number of ether oxygens (including phenoxy) is 3. The second kappa shape index (κ2) is 8.49. The maximum absolute atomic E-state index is 12.4. The molecule has 1 aromatic heterocycles. The molecule has 4 N–H and O–H groups in total. The van der Waals surface area contributed by atoms with Crippen molar-refractivity contribution in [2.24, 2.45) is 0 Å². The van der Waals surface area contributed by atoms with E-state index in [4.69, 9.17) is 26.4 Å². The molecule has 0 aliphatic heterocycles. The summed E-state index contributed by atoms with van der Waals surface area (Å²) in [6.45, 7) is 0. The van der Waals surface area contributed by atoms with Gasteiger partial charge in [0.15, 0.2) is 16.6 Å². The number of carbonyl (C=O) groups excluding carboxylic acids is 1. The summed E-state index contributed by atoms with van der Waals surface area (Å²) in [5.74, 6) is 1.12. The molecule has 0 unspecified atom stereocenters. The molecule has 2 aromatic carbocycles. The molecule has 0 atom stereocenters. The molecule has 146 valence electrons. The lowest BCUT2D eigenvalue weighted by Crippen LogP contribution is -2.43. The van der Waals surface area contributed by atoms with Crippen LogP contribution in [0.3, 0.4) is 0 Å². The van der Waals surface area contributed by atoms with E-state index in [1.807, 2.05) is 24.3 Å². The minimum Gasteiger partial charge on any atom is -0.493 e. The van der Waals surface area contributed by atoms with Crippen LogP contribution in [-0.2, 0) is 0 Å². The molecule has 28 heavy (non-hydrogen) atoms. The van der Waals surface area contributed by atoms with Crippen molar-refractivity contribution in [3.8, 4) is 17.2 Å². The first-order valence-electron chi connectivity index (χ1n) is 8.30. The van der Waals surface area contributed by atoms with Gasteiger partial charge in [0.2, 0.25) is 5.75 Å². The van der Waals surface area contributed by atoms with E-state index in [9.17, 15) is 4.79 Å². The van der Waals surface area contributed by atoms with Crippen molar-refractivity contribution < 1.29 is 19.0 Å². The molecule has 0 saturated carbocycles. The lowest BCUT2D eigenvalue weighted by atomic mass is 10.2. The Kier molecular flexibility index (Phi) is 5.85. The predicted octanol–water partition coefficient (Wildman–Crippen LogP) is 2.83. The number of methoxy groups -OCH3 is 3. The van der Waals surface area contributed by atoms with Gasteiger partial charge in [-0.3, -0.25) is 15.6 Å². The minimum absolute atomic E-state index is 0.197. The third-order valence-electron chi connectivity index (χ3n) is 4.05. The van der Waals surface area contributed by atoms with Crippen LogP contribution < -0.4 is 30.4 Å². The number of hydrogen-bond donors (Lipinski definition) is 4. The molecular weight excluding hydrogens is 380 g/mol. The van der Waals surface area contributed by atoms with Crippen molar-refractivity contribution in [3.63, 3.8) is 0 Å². The molecule has 0 fully saturated rings. The van der Waals surface area contributed by atoms with Crippen LogP contribution in [0, 0.1) is 0 Å². The molecule has 0 bridgehead atoms. The van der Waals surface area contributed by atoms with Gasteiger partial charge < -0.3 is 24.5 Å². The van der Waals surface area contributed by atoms with E-state index in [2.05, 4.69) is 21.2 Å². The van der Waals surface area contributed by atoms with E-state index < -0.39 is 0 Å². The number of hydrogen-bond acceptors (Lipinski definition) is 5. The Morgan fingerprint density at radius 2 is 1.68 bits per heavy atom. The van der Waals surface area contributed by atoms with Crippen LogP contribution in [0.25, 0.3) is 10.9 Å². The molecule has 8 nitrogen and oxygen atoms in total. The normalized spacial score (nSPS) is 10.2. The monoisotopic (exact) mass is 400 g/mol. The van der Waals surface area contributed by atoms with Gasteiger partial charge in [0.05, 0.1) is 26.9 Å². The number of thiocarbonyl (C=S) groups is 1. The first kappa shape index (κ1) is 19.3. The van der Waals surface area contributed by atoms with Gasteiger partial charge in [0, 0.05) is 34.9 Å². The number of carbonyl (C=O) groups is 1. The summed E-state index contributed by atoms with van der Waals surface area (Å²) in [6.07, 6.45) is 1.65. The van der Waals surface area contributed by atoms with Gasteiger partial charge in [-0.05, 0) is 18.3 Å². The van der Waals surface area contributed by atoms with E-state index in [1.54, 1.807) is 18.3 Å². The summed E-state index contributed by atoms with van der Waals surface area (Å²) in [7, 11) is 4.58. The number of aromatic nitrogens is 1. The summed E-state index contributed by atoms with van der Waals surface area (Å²) < 4.78 is 15.9. The summed E-state index contributed by atoms with van der Waals surface area (Å²) in [6, 6.07) is 10.9. The number of nitrogens with one attached hydrogen (secondary N) is 4. The van der Waals surface area contributed by atoms with Gasteiger partial charge in [-0.25, -0.2) is 0 Å². The summed E-state index contributed by atoms with van der Waals surface area (Å²) in [5, 5.41) is 3.98. The van der Waals surface area contributed by atoms with Crippen molar-refractivity contribution in [3.05, 3.63) is 48.2 Å². The van der Waals surface area contributed by atoms with E-state index >= 15 is 0 Å². The number of para-hydroxylation sites is 1. The lowest BCUT2D eigenvalue weighted by molar-refractivity contribution is 0.0946. The molecule has 0 spiro atoms. The smallest absolute Gasteiger partial charge is 0.271 e. The average molecular weight is 400 g/mol. The van der Waals surface area contributed by atoms with Gasteiger partial charge in [0.25, 0.3) is 5.91 Å². The van der Waals surface area contributed by atoms with E-state index in [0.717, 1.165) is 10.9 Å². The van der Waals surface area contributed by atoms with Crippen LogP contribution in [0.15, 0.2) is 42.6 Å². The van der Waals surface area contributed by atoms with Gasteiger partial charge >= 0.3 is 0 Å². The molecule has 0 aliphatic carbocycles. The Hall–Kier alpha value is -3.46. The molecule has 1 heterocycles. The Bertz CT molecular complexity index is 993. The minimum atomic E-state index is -0.313. The first-order chi connectivity index (χ1) is 13.6. The zero-order valence-corrected chi connectivity index (χ0v) is 16.4. The van der Waals surface area contributed by atoms with Crippen LogP contribution in [0.5, 0.6) is 17.2 Å². The standard InChI is InChI=1S/C19H20N4O4S/c1-25-15-8-11(9-16(26-2)17(15)27-3)21-19(28)23-22-18(24)13-10-20-14-7-5-4-6-12(13)14/h4-10,20H,1-3H3,(H,22,24)(H2,21,23,28). The van der Waals surface area contributed by atoms with Crippen molar-refractivity contribution in [2.45, 2.75) is 0 Å². The lowest BCUT2D eigenvalue weighted by Gasteiger charge is -2.16. The largest absolute Gasteiger partial charge is 0.493 e. The first-order valence-corrected chi connectivity index (χ1v) is 8.71. The number of aromatic amines is 1. The second-order valence-corrected chi connectivity index (χ2v) is 6.10. The molecule has 9 heteroatoms. The van der Waals surface area contributed by atoms with Gasteiger partial charge in [0.1, 0.15) is 0 Å². The Labute approximate surface area is 167 Å². The maximum atomic E-state index is 12.4. The van der Waals surface area contributed by atoms with Gasteiger partial charge in [-0.1, -0.05) is 18.2 Å². The maximum Gasteiger partial charge on any atom is 0.271 e. The van der Waals surface area contributed by atoms with E-state index in [1.165, 1.54) is 21.3 Å². The number of anilines is 1. The van der Waals surface area contributed by atoms with Crippen molar-refractivity contribution in [2.75, 3.05) is 26.6 Å². The van der Waals surface area contributed by atoms with E-state index in [0.29, 0.717) is 28.5 Å². The molecule has 0 saturated heterocycles. The SMILES string of the molecule is COc1cc(NC(=S)NNC(=O)c2c[nH]c3ccccc23)cc(OC)c1OC. The fraction of sp³-hybridized carbons (Fsp3) is 0.158. The highest BCUT2D eigenvalue weighted by Gasteiger charge is 2.15. The Balaban J connectivity index is 1.66. The quantitative estimate of drug-likeness (QED) is 0.386. The number of benzene rings is 2. The fourth-order valence-electron chi connectivity index (χ4n) is 2.76. The summed E-state index contributed by atoms with van der Waals surface area (Å²) in [5.41, 5.74) is 7.26. The molecule has 0 radical (unpaired) electrons. The second-order valence-electron chi connectivity index (χ2n) is 5.70. The summed E-state index contributed by atoms with van der Waals surface area (Å²) >= 11 is 5.24. The van der Waals surface area contributed by atoms with Crippen LogP contribution >= 0.6 is 12.2 Å². The van der Waals surface area contributed by atoms with Crippen molar-refractivity contribution in [1.82, 2.24) is 15.8 Å². The van der Waals surface area contributed by atoms with Crippen LogP contribution in [0.1, 0.15) is 10.4 Å². The van der Waals surface area contributed by atoms with Crippen molar-refractivity contribution in [1.29, 1.82) is 0 Å². The highest BCUT2D eigenvalue weighted by Crippen LogP contribution is 2.39. The van der Waals surface area contributed by atoms with Gasteiger partial charge in [-0.15, -0.1) is 0 Å². The zero-order chi connectivity index (χ0) is 20.1. The molecule has 3 aromatic rings. The zero-order valence-electron chi connectivity index (χ0n) is 15.6. The summed E-state index contributed by atoms with van der Waals surface area (Å²) in [4.78, 5) is 15.5. The molecule has 0 aliphatic rings. The van der Waals surface area contributed by atoms with Crippen LogP contribution in [0.2, 0.25) is 0 Å². The third kappa shape index (κ3) is 3.94. The topological polar surface area (TPSA) is 96.6 Å². The van der Waals surface area contributed by atoms with Gasteiger partial charge in [-0.2, -0.15) is 0 Å². The predicted molar refractivity (Wildman–Crippen MR) is 111 cm³/mol. The van der Waals surface area contributed by atoms with Crippen LogP contribution in [0.4, 0.5) is 5.69 Å². The third-order valence-corrected chi connectivity index (χ3v) is 4.25. The number of rotatable bonds is 5. The number of hydrazine groups is 1. The highest BCUT2D eigenvalue weighted by molar-refractivity contribution is 7.80. The Morgan fingerprint density at radius 1 is 1.00 bits per heavy atom. The van der Waals surface area contributed by atoms with E-state index in [-0.39, 0.29) is 11.0 Å².